The predicted octanol–water partition coefficient (Wildman–Crippen LogP) is 1.47. The van der Waals surface area contributed by atoms with Gasteiger partial charge in [0.05, 0.1) is 6.04 Å². The molecule has 0 saturated carbocycles. The lowest BCUT2D eigenvalue weighted by Crippen LogP contribution is -2.41. The highest BCUT2D eigenvalue weighted by Crippen LogP contribution is 2.10. The second-order valence-electron chi connectivity index (χ2n) is 3.37. The molecule has 14 heavy (non-hydrogen) atoms. The lowest BCUT2D eigenvalue weighted by Gasteiger charge is -2.15. The highest BCUT2D eigenvalue weighted by Gasteiger charge is 2.13. The van der Waals surface area contributed by atoms with Crippen molar-refractivity contribution in [3.05, 3.63) is 11.6 Å². The molecule has 0 aliphatic rings. The van der Waals surface area contributed by atoms with E-state index in [-0.39, 0.29) is 11.9 Å². The van der Waals surface area contributed by atoms with Gasteiger partial charge in [-0.15, -0.1) is 11.3 Å². The third-order valence-corrected chi connectivity index (χ3v) is 2.33. The normalized spacial score (nSPS) is 12.9. The number of hydrogen-bond acceptors (Lipinski definition) is 4. The van der Waals surface area contributed by atoms with Crippen LogP contribution in [0, 0.1) is 0 Å². The summed E-state index contributed by atoms with van der Waals surface area (Å²) < 4.78 is 0. The van der Waals surface area contributed by atoms with Crippen LogP contribution in [0.1, 0.15) is 20.8 Å². The van der Waals surface area contributed by atoms with E-state index >= 15 is 0 Å². The van der Waals surface area contributed by atoms with E-state index in [0.717, 1.165) is 0 Å². The molecule has 1 unspecified atom stereocenters. The quantitative estimate of drug-likeness (QED) is 0.796. The molecule has 4 nitrogen and oxygen atoms in total. The Bertz CT molecular complexity index is 284. The van der Waals surface area contributed by atoms with E-state index in [1.807, 2.05) is 26.2 Å². The summed E-state index contributed by atoms with van der Waals surface area (Å²) in [5.74, 6) is -0.0475. The van der Waals surface area contributed by atoms with Crippen molar-refractivity contribution < 1.29 is 4.79 Å². The molecule has 1 aromatic heterocycles. The van der Waals surface area contributed by atoms with Crippen LogP contribution in [-0.4, -0.2) is 23.0 Å². The summed E-state index contributed by atoms with van der Waals surface area (Å²) in [5, 5.41) is 8.33. The second-order valence-corrected chi connectivity index (χ2v) is 4.26. The van der Waals surface area contributed by atoms with Gasteiger partial charge in [-0.2, -0.15) is 0 Å². The monoisotopic (exact) mass is 213 g/mol. The summed E-state index contributed by atoms with van der Waals surface area (Å²) in [6, 6.07) is 0.103. The molecule has 1 rings (SSSR count). The Morgan fingerprint density at radius 1 is 1.50 bits per heavy atom. The van der Waals surface area contributed by atoms with Crippen LogP contribution >= 0.6 is 11.3 Å². The van der Waals surface area contributed by atoms with Gasteiger partial charge < -0.3 is 10.6 Å². The van der Waals surface area contributed by atoms with E-state index < -0.39 is 0 Å². The molecule has 2 N–H and O–H groups in total. The number of carbonyl (C=O) groups excluding carboxylic acids is 1. The number of aromatic nitrogens is 1. The van der Waals surface area contributed by atoms with Crippen molar-refractivity contribution in [2.24, 2.45) is 0 Å². The number of carbonyl (C=O) groups is 1. The first kappa shape index (κ1) is 11.1. The van der Waals surface area contributed by atoms with E-state index in [1.54, 1.807) is 6.20 Å². The van der Waals surface area contributed by atoms with Crippen molar-refractivity contribution in [1.82, 2.24) is 10.3 Å². The summed E-state index contributed by atoms with van der Waals surface area (Å²) in [6.07, 6.45) is 1.67. The zero-order valence-corrected chi connectivity index (χ0v) is 9.39. The summed E-state index contributed by atoms with van der Waals surface area (Å²) >= 11 is 1.42. The first-order valence-corrected chi connectivity index (χ1v) is 5.44. The Morgan fingerprint density at radius 2 is 2.21 bits per heavy atom. The average Bonchev–Trinajstić information content (AvgIpc) is 2.55. The van der Waals surface area contributed by atoms with Gasteiger partial charge in [-0.3, -0.25) is 4.79 Å². The van der Waals surface area contributed by atoms with Crippen molar-refractivity contribution >= 4 is 22.4 Å². The Balaban J connectivity index is 2.42. The van der Waals surface area contributed by atoms with Crippen LogP contribution in [0.15, 0.2) is 11.6 Å². The molecule has 78 valence electrons. The minimum absolute atomic E-state index is 0.0475. The molecule has 5 heteroatoms. The molecule has 0 saturated heterocycles. The van der Waals surface area contributed by atoms with Crippen molar-refractivity contribution in [2.75, 3.05) is 5.32 Å². The van der Waals surface area contributed by atoms with Crippen molar-refractivity contribution in [1.29, 1.82) is 0 Å². The molecule has 0 radical (unpaired) electrons. The van der Waals surface area contributed by atoms with Crippen molar-refractivity contribution in [3.63, 3.8) is 0 Å². The number of hydrogen-bond donors (Lipinski definition) is 2. The third kappa shape index (κ3) is 3.43. The molecular weight excluding hydrogens is 198 g/mol. The fraction of sp³-hybridized carbons (Fsp3) is 0.556. The molecule has 0 fully saturated rings. The molecule has 1 heterocycles. The molecule has 1 atom stereocenters. The summed E-state index contributed by atoms with van der Waals surface area (Å²) in [4.78, 5) is 15.5. The van der Waals surface area contributed by atoms with Crippen molar-refractivity contribution in [2.45, 2.75) is 32.9 Å². The molecule has 1 aromatic rings. The average molecular weight is 213 g/mol. The zero-order chi connectivity index (χ0) is 10.6. The fourth-order valence-corrected chi connectivity index (χ4v) is 1.61. The van der Waals surface area contributed by atoms with Gasteiger partial charge in [-0.1, -0.05) is 13.8 Å². The molecule has 0 aromatic carbocycles. The summed E-state index contributed by atoms with van der Waals surface area (Å²) in [6.45, 7) is 5.85. The maximum absolute atomic E-state index is 11.5. The number of amides is 1. The van der Waals surface area contributed by atoms with E-state index in [9.17, 15) is 4.79 Å². The Labute approximate surface area is 87.7 Å². The van der Waals surface area contributed by atoms with Crippen LogP contribution in [-0.2, 0) is 4.79 Å². The van der Waals surface area contributed by atoms with E-state index in [4.69, 9.17) is 0 Å². The van der Waals surface area contributed by atoms with E-state index in [1.165, 1.54) is 11.3 Å². The van der Waals surface area contributed by atoms with Gasteiger partial charge in [-0.05, 0) is 6.92 Å². The zero-order valence-electron chi connectivity index (χ0n) is 8.57. The van der Waals surface area contributed by atoms with Crippen LogP contribution in [0.4, 0.5) is 5.13 Å². The molecule has 0 aliphatic heterocycles. The minimum Gasteiger partial charge on any atom is -0.304 e. The summed E-state index contributed by atoms with van der Waals surface area (Å²) in [7, 11) is 0. The molecule has 0 spiro atoms. The molecular formula is C9H15N3OS. The fourth-order valence-electron chi connectivity index (χ4n) is 1.07. The number of anilines is 1. The standard InChI is InChI=1S/C9H15N3OS/c1-6(2)11-7(3)8(13)12-9-10-4-5-14-9/h4-7,11H,1-3H3,(H,10,12,13). The first-order valence-electron chi connectivity index (χ1n) is 4.56. The highest BCUT2D eigenvalue weighted by atomic mass is 32.1. The van der Waals surface area contributed by atoms with Crippen LogP contribution < -0.4 is 10.6 Å². The Morgan fingerprint density at radius 3 is 2.71 bits per heavy atom. The number of nitrogens with one attached hydrogen (secondary N) is 2. The predicted molar refractivity (Wildman–Crippen MR) is 58.5 cm³/mol. The van der Waals surface area contributed by atoms with Gasteiger partial charge in [0.25, 0.3) is 0 Å². The molecule has 0 aliphatic carbocycles. The van der Waals surface area contributed by atoms with Gasteiger partial charge in [-0.25, -0.2) is 4.98 Å². The van der Waals surface area contributed by atoms with Gasteiger partial charge in [0, 0.05) is 17.6 Å². The number of rotatable bonds is 4. The lowest BCUT2D eigenvalue weighted by atomic mass is 10.2. The van der Waals surface area contributed by atoms with Gasteiger partial charge in [0.1, 0.15) is 0 Å². The van der Waals surface area contributed by atoms with Crippen LogP contribution in [0.2, 0.25) is 0 Å². The van der Waals surface area contributed by atoms with E-state index in [0.29, 0.717) is 11.2 Å². The summed E-state index contributed by atoms with van der Waals surface area (Å²) in [5.41, 5.74) is 0. The third-order valence-electron chi connectivity index (χ3n) is 1.64. The van der Waals surface area contributed by atoms with E-state index in [2.05, 4.69) is 15.6 Å². The van der Waals surface area contributed by atoms with Gasteiger partial charge in [0.15, 0.2) is 5.13 Å². The SMILES string of the molecule is CC(C)NC(C)C(=O)Nc1nccs1. The molecule has 1 amide bonds. The van der Waals surface area contributed by atoms with Gasteiger partial charge in [0.2, 0.25) is 5.91 Å². The van der Waals surface area contributed by atoms with Crippen LogP contribution in [0.25, 0.3) is 0 Å². The molecule has 0 bridgehead atoms. The largest absolute Gasteiger partial charge is 0.304 e. The maximum atomic E-state index is 11.5. The number of thiazole rings is 1. The second kappa shape index (κ2) is 5.07. The lowest BCUT2D eigenvalue weighted by molar-refractivity contribution is -0.117. The Kier molecular flexibility index (Phi) is 4.03. The van der Waals surface area contributed by atoms with Crippen LogP contribution in [0.5, 0.6) is 0 Å². The highest BCUT2D eigenvalue weighted by molar-refractivity contribution is 7.13. The Hall–Kier alpha value is -0.940. The van der Waals surface area contributed by atoms with Crippen LogP contribution in [0.3, 0.4) is 0 Å². The van der Waals surface area contributed by atoms with Crippen molar-refractivity contribution in [3.8, 4) is 0 Å². The smallest absolute Gasteiger partial charge is 0.243 e. The topological polar surface area (TPSA) is 54.0 Å². The number of nitrogens with zero attached hydrogens (tertiary/aromatic N) is 1. The maximum Gasteiger partial charge on any atom is 0.243 e. The first-order chi connectivity index (χ1) is 6.59. The van der Waals surface area contributed by atoms with Gasteiger partial charge >= 0.3 is 0 Å². The minimum atomic E-state index is -0.195.